The molecule has 5 heteroatoms. The first-order valence-electron chi connectivity index (χ1n) is 42.4. The lowest BCUT2D eigenvalue weighted by Gasteiger charge is -2.52. The van der Waals surface area contributed by atoms with Crippen molar-refractivity contribution in [1.82, 2.24) is 4.90 Å². The lowest BCUT2D eigenvalue weighted by atomic mass is 9.54. The molecule has 18 rings (SSSR count). The van der Waals surface area contributed by atoms with Crippen LogP contribution in [0.15, 0.2) is 368 Å². The molecule has 0 amide bonds. The molecule has 14 unspecified atom stereocenters. The van der Waals surface area contributed by atoms with Crippen LogP contribution in [0.2, 0.25) is 0 Å². The van der Waals surface area contributed by atoms with Crippen molar-refractivity contribution < 1.29 is 8.78 Å². The highest BCUT2D eigenvalue weighted by Crippen LogP contribution is 2.68. The molecule has 0 bridgehead atoms. The monoisotopic (exact) mass is 1470 g/mol. The van der Waals surface area contributed by atoms with E-state index in [1.54, 1.807) is 57.2 Å². The summed E-state index contributed by atoms with van der Waals surface area (Å²) in [6, 6.07) is 19.2. The second-order valence-electron chi connectivity index (χ2n) is 33.9. The minimum Gasteiger partial charge on any atom is -0.365 e. The van der Waals surface area contributed by atoms with Crippen molar-refractivity contribution in [1.29, 1.82) is 0 Å². The number of nitrogens with zero attached hydrogens (tertiary/aromatic N) is 2. The van der Waals surface area contributed by atoms with Gasteiger partial charge in [0.2, 0.25) is 0 Å². The molecule has 110 heavy (non-hydrogen) atoms. The molecule has 560 valence electrons. The highest BCUT2D eigenvalue weighted by Gasteiger charge is 2.60. The van der Waals surface area contributed by atoms with Gasteiger partial charge < -0.3 is 9.80 Å². The summed E-state index contributed by atoms with van der Waals surface area (Å²) in [4.78, 5) is 7.38. The van der Waals surface area contributed by atoms with Crippen LogP contribution in [0.3, 0.4) is 0 Å². The number of benzene rings is 2. The van der Waals surface area contributed by atoms with Crippen LogP contribution < -0.4 is 4.90 Å². The van der Waals surface area contributed by atoms with Crippen LogP contribution in [0.5, 0.6) is 0 Å². The Balaban J connectivity index is 0.745. The van der Waals surface area contributed by atoms with Gasteiger partial charge in [-0.3, -0.25) is 0 Å². The summed E-state index contributed by atoms with van der Waals surface area (Å²) in [7, 11) is 0. The van der Waals surface area contributed by atoms with Crippen molar-refractivity contribution in [3.63, 3.8) is 0 Å². The average molecular weight is 1470 g/mol. The zero-order chi connectivity index (χ0) is 74.5. The Labute approximate surface area is 660 Å². The van der Waals surface area contributed by atoms with Gasteiger partial charge in [0.1, 0.15) is 12.0 Å². The molecule has 0 aromatic heterocycles. The summed E-state index contributed by atoms with van der Waals surface area (Å²) in [6.45, 7) is 11.0. The SMILES string of the molecule is C=CC1=CCC(C2(C3=CC=CCC3)C3=C(C=CCC3)C3C=CC(N(C4=CC(C5=C(CC)CCC(N(c6ccc(-c7cccc(C8C=CC(F)=CC8)c7)cc6)C6C=CC7=C(C6)C(C6=CCC(C=C)C=C6)(C6=CC=CCC6)C6C=CC=CC76)=C5)=C(SC)CC4)C4CC=C(C5CCC=C(C6=CCC(F)C=C6)C5)CC4)CC32)C=C1. The minimum absolute atomic E-state index is 0.0454. The Morgan fingerprint density at radius 2 is 1.45 bits per heavy atom. The van der Waals surface area contributed by atoms with Gasteiger partial charge in [0.15, 0.2) is 0 Å². The predicted molar refractivity (Wildman–Crippen MR) is 461 cm³/mol. The zero-order valence-corrected chi connectivity index (χ0v) is 65.7. The van der Waals surface area contributed by atoms with E-state index in [2.05, 4.69) is 267 Å². The Hall–Kier alpha value is -8.77. The maximum atomic E-state index is 14.5. The fourth-order valence-corrected chi connectivity index (χ4v) is 24.1. The van der Waals surface area contributed by atoms with Crippen LogP contribution in [0, 0.1) is 52.3 Å². The first-order valence-corrected chi connectivity index (χ1v) is 43.6. The zero-order valence-electron chi connectivity index (χ0n) is 64.9. The first-order chi connectivity index (χ1) is 54.1. The van der Waals surface area contributed by atoms with E-state index < -0.39 is 6.17 Å². The minimum atomic E-state index is -0.877. The lowest BCUT2D eigenvalue weighted by molar-refractivity contribution is 0.104. The molecule has 2 aromatic rings. The highest BCUT2D eigenvalue weighted by molar-refractivity contribution is 8.02. The molecule has 2 nitrogen and oxygen atoms in total. The Morgan fingerprint density at radius 1 is 0.609 bits per heavy atom. The molecule has 0 N–H and O–H groups in total. The van der Waals surface area contributed by atoms with E-state index in [-0.39, 0.29) is 46.5 Å². The molecule has 0 saturated heterocycles. The van der Waals surface area contributed by atoms with Crippen molar-refractivity contribution in [2.75, 3.05) is 11.2 Å². The molecule has 0 radical (unpaired) electrons. The molecule has 0 saturated carbocycles. The van der Waals surface area contributed by atoms with Gasteiger partial charge in [0, 0.05) is 70.1 Å². The number of hydrogen-bond donors (Lipinski definition) is 0. The number of rotatable bonds is 19. The average Bonchev–Trinajstić information content (AvgIpc) is 1.53. The number of fused-ring (bicyclic) bond motifs is 4. The summed E-state index contributed by atoms with van der Waals surface area (Å²) in [5.41, 5.74) is 28.5. The summed E-state index contributed by atoms with van der Waals surface area (Å²) in [6.07, 6.45) is 106. The Kier molecular flexibility index (Phi) is 20.8. The summed E-state index contributed by atoms with van der Waals surface area (Å²) in [5.74, 6) is 2.58. The van der Waals surface area contributed by atoms with Crippen LogP contribution in [0.4, 0.5) is 14.5 Å². The van der Waals surface area contributed by atoms with E-state index in [4.69, 9.17) is 0 Å². The molecule has 2 aromatic carbocycles. The van der Waals surface area contributed by atoms with E-state index in [1.165, 1.54) is 84.1 Å². The van der Waals surface area contributed by atoms with Gasteiger partial charge in [-0.25, -0.2) is 8.78 Å². The topological polar surface area (TPSA) is 6.48 Å². The van der Waals surface area contributed by atoms with Gasteiger partial charge in [0.05, 0.1) is 6.04 Å². The second kappa shape index (κ2) is 31.4. The van der Waals surface area contributed by atoms with Crippen LogP contribution in [-0.2, 0) is 0 Å². The quantitative estimate of drug-likeness (QED) is 0.129. The number of allylic oxidation sites excluding steroid dienone is 48. The van der Waals surface area contributed by atoms with E-state index in [1.807, 2.05) is 17.8 Å². The third kappa shape index (κ3) is 13.2. The van der Waals surface area contributed by atoms with Crippen molar-refractivity contribution in [2.24, 2.45) is 52.3 Å². The van der Waals surface area contributed by atoms with E-state index in [0.29, 0.717) is 48.5 Å². The molecule has 0 fully saturated rings. The van der Waals surface area contributed by atoms with Crippen molar-refractivity contribution in [3.8, 4) is 11.1 Å². The van der Waals surface area contributed by atoms with E-state index in [0.717, 1.165) is 128 Å². The summed E-state index contributed by atoms with van der Waals surface area (Å²) in [5, 5.41) is 0. The van der Waals surface area contributed by atoms with Gasteiger partial charge in [-0.15, -0.1) is 18.3 Å². The molecule has 14 atom stereocenters. The predicted octanol–water partition coefficient (Wildman–Crippen LogP) is 27.6. The van der Waals surface area contributed by atoms with Gasteiger partial charge >= 0.3 is 0 Å². The van der Waals surface area contributed by atoms with Crippen molar-refractivity contribution in [3.05, 3.63) is 374 Å². The highest BCUT2D eigenvalue weighted by atomic mass is 32.2. The molecule has 0 heterocycles. The van der Waals surface area contributed by atoms with Crippen LogP contribution in [0.1, 0.15) is 166 Å². The molecule has 0 spiro atoms. The molecule has 16 aliphatic rings. The van der Waals surface area contributed by atoms with Crippen LogP contribution in [-0.4, -0.2) is 35.5 Å². The second-order valence-corrected chi connectivity index (χ2v) is 34.8. The third-order valence-corrected chi connectivity index (χ3v) is 29.5. The maximum Gasteiger partial charge on any atom is 0.122 e. The lowest BCUT2D eigenvalue weighted by Crippen LogP contribution is -2.49. The number of anilines is 1. The van der Waals surface area contributed by atoms with Gasteiger partial charge in [0.25, 0.3) is 0 Å². The largest absolute Gasteiger partial charge is 0.365 e. The number of halogens is 2. The number of alkyl halides is 1. The Morgan fingerprint density at radius 3 is 2.19 bits per heavy atom. The van der Waals surface area contributed by atoms with Crippen molar-refractivity contribution in [2.45, 2.75) is 185 Å². The van der Waals surface area contributed by atoms with Gasteiger partial charge in [-0.05, 0) is 285 Å². The fraction of sp³-hybridized carbons (Fsp3) is 0.371. The van der Waals surface area contributed by atoms with E-state index >= 15 is 0 Å². The standard InChI is InChI=1S/C105H110F2N2S/c1-5-70-32-45-83(46-33-70)104(81-24-10-8-11-25-81)99-30-16-14-28-93(99)95-61-58-91(68-101(95)104)108(87-53-41-75(42-54-87)79-22-18-20-77(64-79)73-36-49-85(106)50-37-73)89-57-40-72(7-3)97(66-89)98-67-90(60-63-103(98)110-4)109(88-55-43-76(44-56-88)80-23-19-21-78(65-80)74-38-51-86(107)52-39-74)92-59-62-96-94-29-15-17-31-100(94)105(102(96)69-92,82-26-12-9-13-27-82)84-47-34-71(6-2)35-48-84/h5-6,8-10,12,14-16,18,20-22,24,26,28-30,32,34-36,38-39,41-43,45-47,49-51,53-54,58-59,61-62,64,66-67,70,73,80,84,86,88,91-93,96,99,102H,1-2,7,11,13,17,19,23,25,27,31,33,37,40,44,48,52,55-57,60,63,65,68-69H2,3-4H3. The molecular formula is C105H110F2N2S. The summed E-state index contributed by atoms with van der Waals surface area (Å²) >= 11 is 1.99. The fourth-order valence-electron chi connectivity index (χ4n) is 23.4. The molecule has 0 aliphatic heterocycles. The number of thioether (sulfide) groups is 1. The van der Waals surface area contributed by atoms with Gasteiger partial charge in [-0.2, -0.15) is 0 Å². The first kappa shape index (κ1) is 72.8. The molecular weight excluding hydrogens is 1360 g/mol. The smallest absolute Gasteiger partial charge is 0.122 e. The Bertz CT molecular complexity index is 4910. The third-order valence-electron chi connectivity index (χ3n) is 28.6. The maximum absolute atomic E-state index is 14.5. The van der Waals surface area contributed by atoms with E-state index in [9.17, 15) is 8.78 Å². The van der Waals surface area contributed by atoms with Crippen LogP contribution in [0.25, 0.3) is 11.1 Å². The number of hydrogen-bond acceptors (Lipinski definition) is 3. The molecule has 16 aliphatic carbocycles. The summed E-state index contributed by atoms with van der Waals surface area (Å²) < 4.78 is 28.8. The van der Waals surface area contributed by atoms with Crippen molar-refractivity contribution >= 4 is 17.4 Å². The van der Waals surface area contributed by atoms with Crippen LogP contribution >= 0.6 is 11.8 Å². The normalized spacial score (nSPS) is 32.7. The van der Waals surface area contributed by atoms with Gasteiger partial charge in [-0.1, -0.05) is 254 Å².